The van der Waals surface area contributed by atoms with E-state index in [1.54, 1.807) is 22.3 Å². The molecule has 2 aliphatic rings. The van der Waals surface area contributed by atoms with E-state index in [2.05, 4.69) is 19.1 Å². The number of aromatic nitrogens is 1. The summed E-state index contributed by atoms with van der Waals surface area (Å²) in [5.74, 6) is -0.713. The summed E-state index contributed by atoms with van der Waals surface area (Å²) in [7, 11) is 0. The minimum Gasteiger partial charge on any atom is -0.322 e. The molecule has 3 heterocycles. The Balaban J connectivity index is 1.27. The van der Waals surface area contributed by atoms with Crippen LogP contribution < -0.4 is 4.90 Å². The number of amides is 3. The Morgan fingerprint density at radius 2 is 1.76 bits per heavy atom. The summed E-state index contributed by atoms with van der Waals surface area (Å²) < 4.78 is 1.13. The van der Waals surface area contributed by atoms with Crippen molar-refractivity contribution < 1.29 is 14.4 Å². The van der Waals surface area contributed by atoms with Crippen LogP contribution in [0.15, 0.2) is 60.0 Å². The Labute approximate surface area is 229 Å². The van der Waals surface area contributed by atoms with Crippen molar-refractivity contribution in [1.82, 2.24) is 9.88 Å². The quantitative estimate of drug-likeness (QED) is 0.204. The molecule has 1 atom stereocenters. The van der Waals surface area contributed by atoms with Crippen molar-refractivity contribution in [1.29, 1.82) is 0 Å². The molecule has 1 saturated carbocycles. The molecule has 0 N–H and O–H groups in total. The molecule has 0 bridgehead atoms. The van der Waals surface area contributed by atoms with Gasteiger partial charge in [0.15, 0.2) is 0 Å². The summed E-state index contributed by atoms with van der Waals surface area (Å²) in [4.78, 5) is 49.0. The van der Waals surface area contributed by atoms with Crippen molar-refractivity contribution in [2.24, 2.45) is 0 Å². The van der Waals surface area contributed by atoms with Gasteiger partial charge in [-0.05, 0) is 73.2 Å². The van der Waals surface area contributed by atoms with E-state index in [-0.39, 0.29) is 30.2 Å². The van der Waals surface area contributed by atoms with Gasteiger partial charge in [-0.15, -0.1) is 22.7 Å². The first-order valence-electron chi connectivity index (χ1n) is 13.2. The first-order chi connectivity index (χ1) is 18.5. The van der Waals surface area contributed by atoms with Gasteiger partial charge in [0.25, 0.3) is 11.8 Å². The summed E-state index contributed by atoms with van der Waals surface area (Å²) in [6.45, 7) is 2.07. The smallest absolute Gasteiger partial charge is 0.264 e. The van der Waals surface area contributed by atoms with Crippen molar-refractivity contribution in [3.63, 3.8) is 0 Å². The molecular weight excluding hydrogens is 514 g/mol. The Morgan fingerprint density at radius 1 is 1.00 bits per heavy atom. The second kappa shape index (κ2) is 10.4. The number of thiophene rings is 1. The van der Waals surface area contributed by atoms with Crippen LogP contribution in [0, 0.1) is 6.92 Å². The summed E-state index contributed by atoms with van der Waals surface area (Å²) in [5, 5.41) is 2.77. The molecule has 6 nitrogen and oxygen atoms in total. The summed E-state index contributed by atoms with van der Waals surface area (Å²) in [5.41, 5.74) is 3.63. The highest BCUT2D eigenvalue weighted by Crippen LogP contribution is 2.35. The van der Waals surface area contributed by atoms with Gasteiger partial charge >= 0.3 is 0 Å². The number of rotatable bonds is 5. The number of carbonyl (C=O) groups excluding carboxylic acids is 3. The Kier molecular flexibility index (Phi) is 6.84. The summed E-state index contributed by atoms with van der Waals surface area (Å²) in [6, 6.07) is 16.5. The highest BCUT2D eigenvalue weighted by Gasteiger charge is 2.46. The van der Waals surface area contributed by atoms with Crippen LogP contribution in [0.1, 0.15) is 60.2 Å². The molecule has 4 aromatic rings. The fourth-order valence-corrected chi connectivity index (χ4v) is 7.37. The van der Waals surface area contributed by atoms with Crippen molar-refractivity contribution >= 4 is 56.3 Å². The number of benzene rings is 2. The Hall–Kier alpha value is -3.36. The normalized spacial score (nSPS) is 18.8. The number of aryl methyl sites for hydroxylation is 1. The molecule has 2 fully saturated rings. The van der Waals surface area contributed by atoms with E-state index in [1.165, 1.54) is 21.8 Å². The number of anilines is 1. The van der Waals surface area contributed by atoms with Gasteiger partial charge in [-0.1, -0.05) is 37.8 Å². The van der Waals surface area contributed by atoms with Crippen LogP contribution >= 0.6 is 22.7 Å². The third kappa shape index (κ3) is 4.67. The van der Waals surface area contributed by atoms with Gasteiger partial charge in [-0.3, -0.25) is 14.4 Å². The number of fused-ring (bicyclic) bond motifs is 1. The first-order valence-corrected chi connectivity index (χ1v) is 14.9. The largest absolute Gasteiger partial charge is 0.322 e. The number of imide groups is 1. The van der Waals surface area contributed by atoms with E-state index in [9.17, 15) is 14.4 Å². The Bertz CT molecular complexity index is 1480. The second-order valence-corrected chi connectivity index (χ2v) is 12.1. The Morgan fingerprint density at radius 3 is 2.47 bits per heavy atom. The van der Waals surface area contributed by atoms with E-state index in [0.29, 0.717) is 10.6 Å². The molecule has 6 rings (SSSR count). The molecule has 1 saturated heterocycles. The first kappa shape index (κ1) is 24.9. The van der Waals surface area contributed by atoms with E-state index in [0.717, 1.165) is 59.3 Å². The maximum absolute atomic E-state index is 13.8. The maximum atomic E-state index is 13.8. The van der Waals surface area contributed by atoms with Gasteiger partial charge in [0, 0.05) is 11.6 Å². The van der Waals surface area contributed by atoms with Crippen molar-refractivity contribution in [2.75, 3.05) is 4.90 Å². The third-order valence-corrected chi connectivity index (χ3v) is 9.48. The molecule has 1 aliphatic carbocycles. The molecule has 1 aliphatic heterocycles. The van der Waals surface area contributed by atoms with E-state index < -0.39 is 6.04 Å². The number of hydrogen-bond acceptors (Lipinski definition) is 6. The molecule has 2 aromatic carbocycles. The lowest BCUT2D eigenvalue weighted by Gasteiger charge is -2.34. The third-order valence-electron chi connectivity index (χ3n) is 7.56. The molecule has 8 heteroatoms. The lowest BCUT2D eigenvalue weighted by atomic mass is 10.0. The fourth-order valence-electron chi connectivity index (χ4n) is 5.64. The van der Waals surface area contributed by atoms with Crippen LogP contribution in [0.5, 0.6) is 0 Å². The standard InChI is InChI=1S/C30H29N3O3S2/c1-19-10-15-23-26(17-19)38-28(31-23)20-11-13-22(14-12-20)33-27(34)18-24(29(33)35)32(21-7-4-2-3-5-8-21)30(36)25-9-6-16-37-25/h6,9-17,21,24H,2-5,7-8,18H2,1H3. The van der Waals surface area contributed by atoms with E-state index >= 15 is 0 Å². The predicted molar refractivity (Wildman–Crippen MR) is 153 cm³/mol. The van der Waals surface area contributed by atoms with Crippen LogP contribution in [0.3, 0.4) is 0 Å². The summed E-state index contributed by atoms with van der Waals surface area (Å²) >= 11 is 3.01. The highest BCUT2D eigenvalue weighted by atomic mass is 32.1. The number of nitrogens with zero attached hydrogens (tertiary/aromatic N) is 3. The number of hydrogen-bond donors (Lipinski definition) is 0. The molecule has 194 valence electrons. The SMILES string of the molecule is Cc1ccc2nc(-c3ccc(N4C(=O)CC(N(C(=O)c5cccs5)C5CCCCCC5)C4=O)cc3)sc2c1. The lowest BCUT2D eigenvalue weighted by molar-refractivity contribution is -0.123. The van der Waals surface area contributed by atoms with Crippen LogP contribution in [0.2, 0.25) is 0 Å². The molecular formula is C30H29N3O3S2. The van der Waals surface area contributed by atoms with Crippen LogP contribution in [0.4, 0.5) is 5.69 Å². The minimum atomic E-state index is -0.771. The number of thiazole rings is 1. The molecule has 1 unspecified atom stereocenters. The van der Waals surface area contributed by atoms with Gasteiger partial charge in [0.2, 0.25) is 5.91 Å². The summed E-state index contributed by atoms with van der Waals surface area (Å²) in [6.07, 6.45) is 6.10. The second-order valence-electron chi connectivity index (χ2n) is 10.2. The number of carbonyl (C=O) groups is 3. The van der Waals surface area contributed by atoms with Crippen molar-refractivity contribution in [2.45, 2.75) is 64.0 Å². The fraction of sp³-hybridized carbons (Fsp3) is 0.333. The van der Waals surface area contributed by atoms with Crippen molar-refractivity contribution in [3.05, 3.63) is 70.4 Å². The minimum absolute atomic E-state index is 0.0193. The lowest BCUT2D eigenvalue weighted by Crippen LogP contribution is -2.50. The molecule has 0 radical (unpaired) electrons. The average Bonchev–Trinajstić information content (AvgIpc) is 3.60. The van der Waals surface area contributed by atoms with Gasteiger partial charge in [-0.2, -0.15) is 0 Å². The molecule has 3 amide bonds. The van der Waals surface area contributed by atoms with Gasteiger partial charge in [-0.25, -0.2) is 9.88 Å². The monoisotopic (exact) mass is 543 g/mol. The van der Waals surface area contributed by atoms with Gasteiger partial charge in [0.05, 0.1) is 27.2 Å². The van der Waals surface area contributed by atoms with Crippen LogP contribution in [-0.4, -0.2) is 39.7 Å². The van der Waals surface area contributed by atoms with Gasteiger partial charge in [0.1, 0.15) is 11.0 Å². The molecule has 0 spiro atoms. The van der Waals surface area contributed by atoms with Crippen molar-refractivity contribution in [3.8, 4) is 10.6 Å². The topological polar surface area (TPSA) is 70.6 Å². The predicted octanol–water partition coefficient (Wildman–Crippen LogP) is 6.83. The molecule has 2 aromatic heterocycles. The van der Waals surface area contributed by atoms with E-state index in [4.69, 9.17) is 4.98 Å². The zero-order valence-electron chi connectivity index (χ0n) is 21.3. The van der Waals surface area contributed by atoms with E-state index in [1.807, 2.05) is 41.8 Å². The molecule has 38 heavy (non-hydrogen) atoms. The van der Waals surface area contributed by atoms with Crippen LogP contribution in [-0.2, 0) is 9.59 Å². The zero-order chi connectivity index (χ0) is 26.2. The average molecular weight is 544 g/mol. The van der Waals surface area contributed by atoms with Crippen LogP contribution in [0.25, 0.3) is 20.8 Å². The highest BCUT2D eigenvalue weighted by molar-refractivity contribution is 7.21. The van der Waals surface area contributed by atoms with Gasteiger partial charge < -0.3 is 4.90 Å². The zero-order valence-corrected chi connectivity index (χ0v) is 22.9. The maximum Gasteiger partial charge on any atom is 0.264 e.